The van der Waals surface area contributed by atoms with Crippen LogP contribution in [0.2, 0.25) is 0 Å². The predicted octanol–water partition coefficient (Wildman–Crippen LogP) is 1.28. The molecule has 7 rings (SSSR count). The van der Waals surface area contributed by atoms with Crippen LogP contribution in [0.1, 0.15) is 24.8 Å². The first kappa shape index (κ1) is 18.7. The Bertz CT molecular complexity index is 977. The Hall–Kier alpha value is -2.09. The lowest BCUT2D eigenvalue weighted by molar-refractivity contribution is -0.132. The van der Waals surface area contributed by atoms with E-state index in [-0.39, 0.29) is 28.9 Å². The van der Waals surface area contributed by atoms with Crippen LogP contribution in [0.4, 0.5) is 5.69 Å². The quantitative estimate of drug-likeness (QED) is 0.684. The molecule has 6 unspecified atom stereocenters. The Kier molecular flexibility index (Phi) is 3.73. The number of nitrogens with zero attached hydrogens (tertiary/aromatic N) is 2. The van der Waals surface area contributed by atoms with E-state index in [9.17, 15) is 4.79 Å². The molecule has 1 aliphatic carbocycles. The summed E-state index contributed by atoms with van der Waals surface area (Å²) in [5.74, 6) is 2.57. The molecule has 6 aliphatic rings. The van der Waals surface area contributed by atoms with Crippen molar-refractivity contribution in [3.63, 3.8) is 0 Å². The molecule has 3 saturated heterocycles. The molecule has 0 aromatic heterocycles. The number of amides is 1. The monoisotopic (exact) mass is 412 g/mol. The number of benzene rings is 1. The molecule has 5 heterocycles. The minimum Gasteiger partial charge on any atom is -0.493 e. The first-order valence-electron chi connectivity index (χ1n) is 10.8. The van der Waals surface area contributed by atoms with Gasteiger partial charge in [0.25, 0.3) is 0 Å². The third kappa shape index (κ3) is 1.90. The molecule has 1 amide bonds. The molecule has 1 aromatic rings. The predicted molar refractivity (Wildman–Crippen MR) is 110 cm³/mol. The van der Waals surface area contributed by atoms with Gasteiger partial charge in [0, 0.05) is 30.0 Å². The Labute approximate surface area is 175 Å². The summed E-state index contributed by atoms with van der Waals surface area (Å²) < 4.78 is 17.6. The Morgan fingerprint density at radius 2 is 2.00 bits per heavy atom. The molecule has 1 aromatic carbocycles. The number of rotatable bonds is 2. The van der Waals surface area contributed by atoms with Crippen LogP contribution in [0.15, 0.2) is 23.8 Å². The van der Waals surface area contributed by atoms with Crippen molar-refractivity contribution in [1.29, 1.82) is 0 Å². The second kappa shape index (κ2) is 5.99. The van der Waals surface area contributed by atoms with Crippen molar-refractivity contribution in [1.82, 2.24) is 4.90 Å². The zero-order valence-corrected chi connectivity index (χ0v) is 17.4. The largest absolute Gasteiger partial charge is 0.493 e. The van der Waals surface area contributed by atoms with Crippen LogP contribution in [0.25, 0.3) is 0 Å². The molecular weight excluding hydrogens is 384 g/mol. The van der Waals surface area contributed by atoms with E-state index in [0.717, 1.165) is 30.9 Å². The zero-order valence-electron chi connectivity index (χ0n) is 17.4. The number of ether oxygens (including phenoxy) is 3. The van der Waals surface area contributed by atoms with Crippen LogP contribution < -0.4 is 14.4 Å². The van der Waals surface area contributed by atoms with Crippen molar-refractivity contribution in [2.24, 2.45) is 11.8 Å². The molecule has 2 bridgehead atoms. The summed E-state index contributed by atoms with van der Waals surface area (Å²) in [5, 5.41) is 0. The number of hydrogen-bond acceptors (Lipinski definition) is 5. The lowest BCUT2D eigenvalue weighted by atomic mass is 9.53. The molecule has 7 heteroatoms. The summed E-state index contributed by atoms with van der Waals surface area (Å²) in [5.41, 5.74) is 3.85. The van der Waals surface area contributed by atoms with E-state index in [1.807, 2.05) is 6.07 Å². The molecule has 5 aliphatic heterocycles. The molecule has 1 saturated carbocycles. The van der Waals surface area contributed by atoms with E-state index in [0.29, 0.717) is 36.7 Å². The number of hydrogen-bond donors (Lipinski definition) is 0. The van der Waals surface area contributed by atoms with Gasteiger partial charge in [-0.25, -0.2) is 0 Å². The summed E-state index contributed by atoms with van der Waals surface area (Å²) in [6, 6.07) is 4.87. The van der Waals surface area contributed by atoms with Gasteiger partial charge in [0.2, 0.25) is 5.91 Å². The van der Waals surface area contributed by atoms with E-state index in [4.69, 9.17) is 14.2 Å². The minimum atomic E-state index is -0.0242. The maximum absolute atomic E-state index is 13.5. The molecule has 0 radical (unpaired) electrons. The average molecular weight is 412 g/mol. The molecule has 30 heavy (non-hydrogen) atoms. The first-order valence-corrected chi connectivity index (χ1v) is 10.8. The Morgan fingerprint density at radius 3 is 2.80 bits per heavy atom. The minimum absolute atomic E-state index is 0. The average Bonchev–Trinajstić information content (AvgIpc) is 3.20. The molecular formula is C23H28N2O5. The highest BCUT2D eigenvalue weighted by atomic mass is 16.5. The van der Waals surface area contributed by atoms with Crippen LogP contribution >= 0.6 is 0 Å². The van der Waals surface area contributed by atoms with Gasteiger partial charge in [-0.1, -0.05) is 11.6 Å². The van der Waals surface area contributed by atoms with Crippen molar-refractivity contribution < 1.29 is 24.5 Å². The molecule has 6 atom stereocenters. The molecule has 4 fully saturated rings. The lowest BCUT2D eigenvalue weighted by Gasteiger charge is -2.58. The lowest BCUT2D eigenvalue weighted by Crippen LogP contribution is -2.69. The summed E-state index contributed by atoms with van der Waals surface area (Å²) in [7, 11) is 3.36. The second-order valence-electron chi connectivity index (χ2n) is 9.48. The Balaban J connectivity index is 0.00000175. The standard InChI is InChI=1S/C23H26N2O4.H2O/c1-27-16-8-14-15(9-17(16)28-2)25-20(26)10-18-21-13-7-19-23(14,22(21)25)4-5-24(19)11-12(13)3-6-29-18;/h3,8-9,13,18-19,21-22H,4-7,10-11H2,1-2H3;1H2. The third-order valence-electron chi connectivity index (χ3n) is 8.81. The van der Waals surface area contributed by atoms with Gasteiger partial charge in [-0.05, 0) is 36.9 Å². The van der Waals surface area contributed by atoms with Gasteiger partial charge in [-0.2, -0.15) is 0 Å². The fourth-order valence-corrected chi connectivity index (χ4v) is 7.87. The van der Waals surface area contributed by atoms with Gasteiger partial charge in [0.05, 0.1) is 45.1 Å². The fraction of sp³-hybridized carbons (Fsp3) is 0.609. The van der Waals surface area contributed by atoms with E-state index >= 15 is 0 Å². The van der Waals surface area contributed by atoms with Crippen molar-refractivity contribution >= 4 is 11.6 Å². The number of carbonyl (C=O) groups excluding carboxylic acids is 1. The number of carbonyl (C=O) groups is 1. The van der Waals surface area contributed by atoms with Gasteiger partial charge >= 0.3 is 0 Å². The maximum Gasteiger partial charge on any atom is 0.229 e. The molecule has 2 N–H and O–H groups in total. The van der Waals surface area contributed by atoms with Crippen molar-refractivity contribution in [2.75, 3.05) is 38.8 Å². The van der Waals surface area contributed by atoms with Crippen LogP contribution in [0, 0.1) is 11.8 Å². The van der Waals surface area contributed by atoms with Crippen molar-refractivity contribution in [3.8, 4) is 11.5 Å². The summed E-state index contributed by atoms with van der Waals surface area (Å²) >= 11 is 0. The van der Waals surface area contributed by atoms with Gasteiger partial charge in [-0.3, -0.25) is 9.69 Å². The smallest absolute Gasteiger partial charge is 0.229 e. The number of anilines is 1. The van der Waals surface area contributed by atoms with E-state index in [1.165, 1.54) is 12.0 Å². The SMILES string of the molecule is COc1cc2c(cc1OC)C13CCN4CC5=CCOC6CC(=O)N2C1C6C5CC43.O. The second-order valence-corrected chi connectivity index (χ2v) is 9.48. The van der Waals surface area contributed by atoms with Crippen LogP contribution in [0.5, 0.6) is 11.5 Å². The number of methoxy groups -OCH3 is 2. The van der Waals surface area contributed by atoms with Crippen LogP contribution in [-0.4, -0.2) is 68.4 Å². The van der Waals surface area contributed by atoms with E-state index in [2.05, 4.69) is 21.9 Å². The molecule has 1 spiro atoms. The highest BCUT2D eigenvalue weighted by molar-refractivity contribution is 5.99. The van der Waals surface area contributed by atoms with Gasteiger partial charge < -0.3 is 24.6 Å². The van der Waals surface area contributed by atoms with E-state index < -0.39 is 0 Å². The highest BCUT2D eigenvalue weighted by Gasteiger charge is 2.71. The normalized spacial score (nSPS) is 39.7. The van der Waals surface area contributed by atoms with Crippen LogP contribution in [0.3, 0.4) is 0 Å². The van der Waals surface area contributed by atoms with Gasteiger partial charge in [0.15, 0.2) is 11.5 Å². The summed E-state index contributed by atoms with van der Waals surface area (Å²) in [6.07, 6.45) is 5.11. The fourth-order valence-electron chi connectivity index (χ4n) is 7.87. The molecule has 7 nitrogen and oxygen atoms in total. The first-order chi connectivity index (χ1) is 14.2. The van der Waals surface area contributed by atoms with Crippen molar-refractivity contribution in [3.05, 3.63) is 29.3 Å². The number of piperidine rings is 2. The summed E-state index contributed by atoms with van der Waals surface area (Å²) in [6.45, 7) is 2.80. The maximum atomic E-state index is 13.5. The zero-order chi connectivity index (χ0) is 19.5. The van der Waals surface area contributed by atoms with Gasteiger partial charge in [0.1, 0.15) is 0 Å². The number of fused-ring (bicyclic) bond motifs is 2. The van der Waals surface area contributed by atoms with E-state index in [1.54, 1.807) is 19.8 Å². The van der Waals surface area contributed by atoms with Gasteiger partial charge in [-0.15, -0.1) is 0 Å². The topological polar surface area (TPSA) is 82.7 Å². The third-order valence-corrected chi connectivity index (χ3v) is 8.81. The molecule has 160 valence electrons. The summed E-state index contributed by atoms with van der Waals surface area (Å²) in [4.78, 5) is 18.3. The van der Waals surface area contributed by atoms with Crippen molar-refractivity contribution in [2.45, 2.75) is 42.9 Å². The highest BCUT2D eigenvalue weighted by Crippen LogP contribution is 2.66. The Morgan fingerprint density at radius 1 is 1.20 bits per heavy atom. The van der Waals surface area contributed by atoms with Crippen LogP contribution in [-0.2, 0) is 14.9 Å².